The van der Waals surface area contributed by atoms with Crippen molar-refractivity contribution in [3.8, 4) is 11.3 Å². The van der Waals surface area contributed by atoms with E-state index in [1.807, 2.05) is 36.4 Å². The number of hydrogen-bond donors (Lipinski definition) is 1. The fraction of sp³-hybridized carbons (Fsp3) is 0.190. The Morgan fingerprint density at radius 2 is 1.88 bits per heavy atom. The number of nitrogens with zero attached hydrogens (tertiary/aromatic N) is 1. The van der Waals surface area contributed by atoms with Crippen LogP contribution in [0.1, 0.15) is 12.8 Å². The van der Waals surface area contributed by atoms with E-state index in [4.69, 9.17) is 0 Å². The molecule has 0 amide bonds. The Kier molecular flexibility index (Phi) is 2.89. The van der Waals surface area contributed by atoms with Gasteiger partial charge in [0.2, 0.25) is 0 Å². The molecule has 3 heteroatoms. The lowest BCUT2D eigenvalue weighted by atomic mass is 10.1. The van der Waals surface area contributed by atoms with Gasteiger partial charge in [-0.25, -0.2) is 0 Å². The Bertz CT molecular complexity index is 1100. The molecule has 0 aliphatic heterocycles. The van der Waals surface area contributed by atoms with Crippen LogP contribution in [0.2, 0.25) is 0 Å². The van der Waals surface area contributed by atoms with Crippen molar-refractivity contribution in [3.05, 3.63) is 71.0 Å². The smallest absolute Gasteiger partial charge is 0.190 e. The highest BCUT2D eigenvalue weighted by Crippen LogP contribution is 2.33. The van der Waals surface area contributed by atoms with E-state index in [0.717, 1.165) is 45.5 Å². The molecule has 118 valence electrons. The van der Waals surface area contributed by atoms with Crippen molar-refractivity contribution in [2.75, 3.05) is 0 Å². The second-order valence-corrected chi connectivity index (χ2v) is 6.75. The quantitative estimate of drug-likeness (QED) is 0.591. The van der Waals surface area contributed by atoms with Crippen LogP contribution in [0, 0.1) is 5.92 Å². The number of benzene rings is 2. The topological polar surface area (TPSA) is 37.8 Å². The summed E-state index contributed by atoms with van der Waals surface area (Å²) >= 11 is 0. The van der Waals surface area contributed by atoms with Crippen LogP contribution < -0.4 is 5.43 Å². The lowest BCUT2D eigenvalue weighted by molar-refractivity contribution is 0.647. The lowest BCUT2D eigenvalue weighted by Gasteiger charge is -2.07. The van der Waals surface area contributed by atoms with E-state index in [1.165, 1.54) is 12.8 Å². The van der Waals surface area contributed by atoms with Crippen molar-refractivity contribution in [2.24, 2.45) is 5.92 Å². The van der Waals surface area contributed by atoms with Gasteiger partial charge in [-0.2, -0.15) is 0 Å². The van der Waals surface area contributed by atoms with Crippen LogP contribution >= 0.6 is 0 Å². The number of aromatic amines is 1. The summed E-state index contributed by atoms with van der Waals surface area (Å²) in [4.78, 5) is 16.2. The Hall–Kier alpha value is -2.81. The summed E-state index contributed by atoms with van der Waals surface area (Å²) in [6.45, 7) is 1.06. The van der Waals surface area contributed by atoms with Crippen LogP contribution in [0.25, 0.3) is 33.1 Å². The highest BCUT2D eigenvalue weighted by molar-refractivity contribution is 6.05. The average molecular weight is 314 g/mol. The Labute approximate surface area is 139 Å². The third-order valence-corrected chi connectivity index (χ3v) is 4.98. The zero-order valence-corrected chi connectivity index (χ0v) is 13.3. The Morgan fingerprint density at radius 1 is 1.04 bits per heavy atom. The molecule has 4 aromatic rings. The highest BCUT2D eigenvalue weighted by atomic mass is 16.1. The van der Waals surface area contributed by atoms with Crippen molar-refractivity contribution in [1.29, 1.82) is 0 Å². The molecule has 1 N–H and O–H groups in total. The van der Waals surface area contributed by atoms with Crippen molar-refractivity contribution in [3.63, 3.8) is 0 Å². The maximum atomic E-state index is 12.8. The molecule has 1 fully saturated rings. The third-order valence-electron chi connectivity index (χ3n) is 4.98. The molecule has 2 aromatic carbocycles. The van der Waals surface area contributed by atoms with Gasteiger partial charge in [0.25, 0.3) is 0 Å². The van der Waals surface area contributed by atoms with E-state index in [-0.39, 0.29) is 5.43 Å². The van der Waals surface area contributed by atoms with Crippen molar-refractivity contribution in [1.82, 2.24) is 9.55 Å². The molecule has 2 heterocycles. The van der Waals surface area contributed by atoms with Crippen LogP contribution in [0.3, 0.4) is 0 Å². The molecule has 24 heavy (non-hydrogen) atoms. The molecule has 2 aromatic heterocycles. The van der Waals surface area contributed by atoms with Crippen molar-refractivity contribution >= 4 is 21.8 Å². The summed E-state index contributed by atoms with van der Waals surface area (Å²) < 4.78 is 2.29. The standard InChI is InChI=1S/C21H18N2O/c24-20-12-18(15-4-2-1-3-5-15)22-17-8-9-19-16(21(17)20)10-11-23(19)13-14-6-7-14/h1-5,8-12,14H,6-7,13H2,(H,22,24). The molecule has 1 aliphatic carbocycles. The number of aromatic nitrogens is 2. The molecule has 0 saturated heterocycles. The predicted octanol–water partition coefficient (Wildman–Crippen LogP) is 4.56. The van der Waals surface area contributed by atoms with Gasteiger partial charge in [0, 0.05) is 35.4 Å². The minimum Gasteiger partial charge on any atom is -0.354 e. The summed E-state index contributed by atoms with van der Waals surface area (Å²) in [6.07, 6.45) is 4.77. The third kappa shape index (κ3) is 2.16. The van der Waals surface area contributed by atoms with Gasteiger partial charge in [-0.1, -0.05) is 30.3 Å². The molecule has 5 rings (SSSR count). The maximum Gasteiger partial charge on any atom is 0.190 e. The number of rotatable bonds is 3. The van der Waals surface area contributed by atoms with Gasteiger partial charge in [-0.05, 0) is 42.5 Å². The average Bonchev–Trinajstić information content (AvgIpc) is 3.34. The predicted molar refractivity (Wildman–Crippen MR) is 98.2 cm³/mol. The molecular formula is C21H18N2O. The van der Waals surface area contributed by atoms with Gasteiger partial charge in [-0.3, -0.25) is 4.79 Å². The summed E-state index contributed by atoms with van der Waals surface area (Å²) in [5.74, 6) is 0.815. The first-order valence-electron chi connectivity index (χ1n) is 8.50. The van der Waals surface area contributed by atoms with Crippen LogP contribution in [0.15, 0.2) is 65.6 Å². The van der Waals surface area contributed by atoms with Crippen LogP contribution in [-0.2, 0) is 6.54 Å². The Morgan fingerprint density at radius 3 is 2.67 bits per heavy atom. The van der Waals surface area contributed by atoms with Gasteiger partial charge >= 0.3 is 0 Å². The van der Waals surface area contributed by atoms with Crippen molar-refractivity contribution in [2.45, 2.75) is 19.4 Å². The molecule has 1 saturated carbocycles. The molecular weight excluding hydrogens is 296 g/mol. The number of fused-ring (bicyclic) bond motifs is 3. The van der Waals surface area contributed by atoms with E-state index < -0.39 is 0 Å². The number of pyridine rings is 1. The van der Waals surface area contributed by atoms with E-state index in [1.54, 1.807) is 6.07 Å². The highest BCUT2D eigenvalue weighted by Gasteiger charge is 2.22. The maximum absolute atomic E-state index is 12.8. The first kappa shape index (κ1) is 13.6. The normalized spacial score (nSPS) is 14.5. The SMILES string of the molecule is O=c1cc(-c2ccccc2)[nH]c2ccc3c(ccn3CC3CC3)c12. The first-order valence-corrected chi connectivity index (χ1v) is 8.50. The summed E-state index contributed by atoms with van der Waals surface area (Å²) in [7, 11) is 0. The minimum atomic E-state index is 0.0809. The zero-order chi connectivity index (χ0) is 16.1. The monoisotopic (exact) mass is 314 g/mol. The summed E-state index contributed by atoms with van der Waals surface area (Å²) in [6, 6.07) is 17.9. The lowest BCUT2D eigenvalue weighted by Crippen LogP contribution is -2.04. The largest absolute Gasteiger partial charge is 0.354 e. The van der Waals surface area contributed by atoms with Crippen molar-refractivity contribution < 1.29 is 0 Å². The molecule has 0 atom stereocenters. The zero-order valence-electron chi connectivity index (χ0n) is 13.3. The van der Waals surface area contributed by atoms with Gasteiger partial charge < -0.3 is 9.55 Å². The fourth-order valence-electron chi connectivity index (χ4n) is 3.54. The molecule has 0 bridgehead atoms. The summed E-state index contributed by atoms with van der Waals surface area (Å²) in [5.41, 5.74) is 4.04. The molecule has 1 aliphatic rings. The van der Waals surface area contributed by atoms with Crippen LogP contribution in [0.4, 0.5) is 0 Å². The van der Waals surface area contributed by atoms with Gasteiger partial charge in [0.1, 0.15) is 0 Å². The number of H-pyrrole nitrogens is 1. The number of nitrogens with one attached hydrogen (secondary N) is 1. The van der Waals surface area contributed by atoms with E-state index >= 15 is 0 Å². The summed E-state index contributed by atoms with van der Waals surface area (Å²) in [5, 5.41) is 1.84. The minimum absolute atomic E-state index is 0.0809. The second kappa shape index (κ2) is 5.10. The molecule has 0 unspecified atom stereocenters. The van der Waals surface area contributed by atoms with Gasteiger partial charge in [0.05, 0.1) is 10.9 Å². The van der Waals surface area contributed by atoms with Crippen LogP contribution in [-0.4, -0.2) is 9.55 Å². The number of hydrogen-bond acceptors (Lipinski definition) is 1. The first-order chi connectivity index (χ1) is 11.8. The van der Waals surface area contributed by atoms with Crippen LogP contribution in [0.5, 0.6) is 0 Å². The molecule has 3 nitrogen and oxygen atoms in total. The fourth-order valence-corrected chi connectivity index (χ4v) is 3.54. The van der Waals surface area contributed by atoms with Gasteiger partial charge in [0.15, 0.2) is 5.43 Å². The van der Waals surface area contributed by atoms with E-state index in [9.17, 15) is 4.79 Å². The van der Waals surface area contributed by atoms with E-state index in [0.29, 0.717) is 0 Å². The van der Waals surface area contributed by atoms with E-state index in [2.05, 4.69) is 27.9 Å². The van der Waals surface area contributed by atoms with Gasteiger partial charge in [-0.15, -0.1) is 0 Å². The second-order valence-electron chi connectivity index (χ2n) is 6.75. The molecule has 0 spiro atoms. The Balaban J connectivity index is 1.72. The molecule has 0 radical (unpaired) electrons.